The zero-order chi connectivity index (χ0) is 11.7. The zero-order valence-electron chi connectivity index (χ0n) is 8.35. The third-order valence-corrected chi connectivity index (χ3v) is 2.85. The molecule has 0 unspecified atom stereocenters. The summed E-state index contributed by atoms with van der Waals surface area (Å²) in [7, 11) is 1.74. The molecule has 8 heteroatoms. The van der Waals surface area contributed by atoms with Crippen LogP contribution in [-0.4, -0.2) is 24.3 Å². The van der Waals surface area contributed by atoms with Crippen LogP contribution in [0.1, 0.15) is 5.82 Å². The summed E-state index contributed by atoms with van der Waals surface area (Å²) in [5, 5.41) is 3.90. The molecule has 0 amide bonds. The Balaban J connectivity index is 2.43. The van der Waals surface area contributed by atoms with Crippen molar-refractivity contribution in [1.82, 2.24) is 24.3 Å². The topological polar surface area (TPSA) is 85.6 Å². The average molecular weight is 333 g/mol. The van der Waals surface area contributed by atoms with Gasteiger partial charge in [-0.3, -0.25) is 19.0 Å². The number of nitrogens with one attached hydrogen (secondary N) is 1. The lowest BCUT2D eigenvalue weighted by Crippen LogP contribution is -2.31. The lowest BCUT2D eigenvalue weighted by Gasteiger charge is -2.04. The van der Waals surface area contributed by atoms with Crippen LogP contribution in [0.3, 0.4) is 0 Å². The first kappa shape index (κ1) is 11.0. The molecule has 84 valence electrons. The van der Waals surface area contributed by atoms with Gasteiger partial charge in [0.2, 0.25) is 0 Å². The SMILES string of the molecule is Cn1ncnc1Cn1cc(I)c(=O)[nH]c1=O. The summed E-state index contributed by atoms with van der Waals surface area (Å²) in [5.41, 5.74) is -0.826. The van der Waals surface area contributed by atoms with Crippen LogP contribution in [0.15, 0.2) is 22.1 Å². The van der Waals surface area contributed by atoms with Gasteiger partial charge in [-0.15, -0.1) is 0 Å². The quantitative estimate of drug-likeness (QED) is 0.738. The number of hydrogen-bond acceptors (Lipinski definition) is 4. The molecule has 1 N–H and O–H groups in total. The highest BCUT2D eigenvalue weighted by Crippen LogP contribution is 1.96. The second-order valence-corrected chi connectivity index (χ2v) is 4.33. The number of hydrogen-bond donors (Lipinski definition) is 1. The Hall–Kier alpha value is -1.45. The minimum Gasteiger partial charge on any atom is -0.292 e. The lowest BCUT2D eigenvalue weighted by atomic mass is 10.5. The first-order valence-electron chi connectivity index (χ1n) is 4.40. The van der Waals surface area contributed by atoms with Gasteiger partial charge in [-0.2, -0.15) is 5.10 Å². The van der Waals surface area contributed by atoms with Gasteiger partial charge in [-0.25, -0.2) is 9.78 Å². The second kappa shape index (κ2) is 4.20. The van der Waals surface area contributed by atoms with Crippen molar-refractivity contribution in [2.24, 2.45) is 7.05 Å². The molecule has 2 aromatic rings. The molecule has 0 atom stereocenters. The number of aromatic nitrogens is 5. The molecule has 0 radical (unpaired) electrons. The maximum absolute atomic E-state index is 11.5. The van der Waals surface area contributed by atoms with Gasteiger partial charge in [0, 0.05) is 13.2 Å². The Morgan fingerprint density at radius 2 is 2.25 bits per heavy atom. The Morgan fingerprint density at radius 3 is 2.88 bits per heavy atom. The maximum Gasteiger partial charge on any atom is 0.328 e. The summed E-state index contributed by atoms with van der Waals surface area (Å²) in [6.07, 6.45) is 2.91. The standard InChI is InChI=1S/C8H8IN5O2/c1-13-6(10-4-11-13)3-14-2-5(9)7(15)12-8(14)16/h2,4H,3H2,1H3,(H,12,15,16). The van der Waals surface area contributed by atoms with Gasteiger partial charge in [0.05, 0.1) is 10.1 Å². The lowest BCUT2D eigenvalue weighted by molar-refractivity contribution is 0.626. The Bertz CT molecular complexity index is 626. The predicted octanol–water partition coefficient (Wildman–Crippen LogP) is -0.682. The number of halogens is 1. The van der Waals surface area contributed by atoms with Crippen LogP contribution in [0.25, 0.3) is 0 Å². The van der Waals surface area contributed by atoms with Crippen molar-refractivity contribution in [2.75, 3.05) is 0 Å². The average Bonchev–Trinajstić information content (AvgIpc) is 2.61. The van der Waals surface area contributed by atoms with E-state index >= 15 is 0 Å². The molecule has 0 saturated carbocycles. The van der Waals surface area contributed by atoms with Crippen molar-refractivity contribution >= 4 is 22.6 Å². The van der Waals surface area contributed by atoms with Gasteiger partial charge in [0.15, 0.2) is 0 Å². The molecule has 0 fully saturated rings. The highest BCUT2D eigenvalue weighted by Gasteiger charge is 2.05. The van der Waals surface area contributed by atoms with E-state index in [1.165, 1.54) is 17.1 Å². The summed E-state index contributed by atoms with van der Waals surface area (Å²) in [6, 6.07) is 0. The van der Waals surface area contributed by atoms with Crippen molar-refractivity contribution in [3.8, 4) is 0 Å². The van der Waals surface area contributed by atoms with Crippen molar-refractivity contribution in [3.63, 3.8) is 0 Å². The third-order valence-electron chi connectivity index (χ3n) is 2.08. The molecule has 2 heterocycles. The maximum atomic E-state index is 11.5. The molecule has 0 saturated heterocycles. The normalized spacial score (nSPS) is 10.6. The van der Waals surface area contributed by atoms with Crippen LogP contribution in [0.5, 0.6) is 0 Å². The van der Waals surface area contributed by atoms with E-state index in [4.69, 9.17) is 0 Å². The van der Waals surface area contributed by atoms with Crippen LogP contribution < -0.4 is 11.2 Å². The molecular formula is C8H8IN5O2. The van der Waals surface area contributed by atoms with Gasteiger partial charge in [0.25, 0.3) is 5.56 Å². The Morgan fingerprint density at radius 1 is 1.50 bits per heavy atom. The Kier molecular flexibility index (Phi) is 2.90. The fourth-order valence-electron chi connectivity index (χ4n) is 1.22. The van der Waals surface area contributed by atoms with E-state index < -0.39 is 5.69 Å². The fourth-order valence-corrected chi connectivity index (χ4v) is 1.69. The Labute approximate surface area is 103 Å². The summed E-state index contributed by atoms with van der Waals surface area (Å²) >= 11 is 1.87. The largest absolute Gasteiger partial charge is 0.328 e. The van der Waals surface area contributed by atoms with Crippen LogP contribution in [0.2, 0.25) is 0 Å². The summed E-state index contributed by atoms with van der Waals surface area (Å²) in [4.78, 5) is 28.9. The van der Waals surface area contributed by atoms with E-state index in [2.05, 4.69) is 15.1 Å². The minimum absolute atomic E-state index is 0.280. The molecule has 16 heavy (non-hydrogen) atoms. The van der Waals surface area contributed by atoms with Gasteiger partial charge >= 0.3 is 5.69 Å². The molecule has 7 nitrogen and oxygen atoms in total. The van der Waals surface area contributed by atoms with E-state index in [1.54, 1.807) is 11.7 Å². The van der Waals surface area contributed by atoms with E-state index in [9.17, 15) is 9.59 Å². The first-order valence-corrected chi connectivity index (χ1v) is 5.48. The van der Waals surface area contributed by atoms with Crippen LogP contribution in [0, 0.1) is 3.57 Å². The van der Waals surface area contributed by atoms with Crippen LogP contribution >= 0.6 is 22.6 Å². The molecule has 0 spiro atoms. The van der Waals surface area contributed by atoms with Crippen molar-refractivity contribution in [3.05, 3.63) is 42.8 Å². The van der Waals surface area contributed by atoms with Gasteiger partial charge in [-0.1, -0.05) is 0 Å². The zero-order valence-corrected chi connectivity index (χ0v) is 10.5. The van der Waals surface area contributed by atoms with E-state index in [0.717, 1.165) is 0 Å². The van der Waals surface area contributed by atoms with Crippen molar-refractivity contribution < 1.29 is 0 Å². The second-order valence-electron chi connectivity index (χ2n) is 3.16. The summed E-state index contributed by atoms with van der Waals surface area (Å²) in [5.74, 6) is 0.643. The molecule has 2 aromatic heterocycles. The summed E-state index contributed by atoms with van der Waals surface area (Å²) in [6.45, 7) is 0.280. The number of H-pyrrole nitrogens is 1. The first-order chi connectivity index (χ1) is 7.58. The molecule has 2 rings (SSSR count). The van der Waals surface area contributed by atoms with E-state index in [1.807, 2.05) is 22.6 Å². The van der Waals surface area contributed by atoms with Crippen LogP contribution in [-0.2, 0) is 13.6 Å². The van der Waals surface area contributed by atoms with E-state index in [-0.39, 0.29) is 12.1 Å². The van der Waals surface area contributed by atoms with Crippen molar-refractivity contribution in [1.29, 1.82) is 0 Å². The van der Waals surface area contributed by atoms with Gasteiger partial charge < -0.3 is 0 Å². The van der Waals surface area contributed by atoms with Gasteiger partial charge in [-0.05, 0) is 22.6 Å². The summed E-state index contributed by atoms with van der Waals surface area (Å²) < 4.78 is 3.41. The smallest absolute Gasteiger partial charge is 0.292 e. The molecule has 0 bridgehead atoms. The minimum atomic E-state index is -0.451. The van der Waals surface area contributed by atoms with Crippen molar-refractivity contribution in [2.45, 2.75) is 6.54 Å². The number of nitrogens with zero attached hydrogens (tertiary/aromatic N) is 4. The molecular weight excluding hydrogens is 325 g/mol. The third kappa shape index (κ3) is 2.05. The fraction of sp³-hybridized carbons (Fsp3) is 0.250. The number of rotatable bonds is 2. The monoisotopic (exact) mass is 333 g/mol. The van der Waals surface area contributed by atoms with E-state index in [0.29, 0.717) is 9.39 Å². The molecule has 0 aliphatic rings. The van der Waals surface area contributed by atoms with Gasteiger partial charge in [0.1, 0.15) is 12.2 Å². The molecule has 0 aromatic carbocycles. The molecule has 0 aliphatic heterocycles. The van der Waals surface area contributed by atoms with Crippen LogP contribution in [0.4, 0.5) is 0 Å². The molecule has 0 aliphatic carbocycles. The predicted molar refractivity (Wildman–Crippen MR) is 64.1 cm³/mol. The highest BCUT2D eigenvalue weighted by atomic mass is 127. The highest BCUT2D eigenvalue weighted by molar-refractivity contribution is 14.1. The number of aromatic amines is 1. The number of aryl methyl sites for hydroxylation is 1.